The van der Waals surface area contributed by atoms with Crippen LogP contribution in [0.15, 0.2) is 0 Å². The fraction of sp³-hybridized carbons (Fsp3) is 1.00. The molecule has 1 aliphatic carbocycles. The van der Waals surface area contributed by atoms with Crippen molar-refractivity contribution >= 4 is 0 Å². The molecule has 1 nitrogen and oxygen atoms in total. The summed E-state index contributed by atoms with van der Waals surface area (Å²) < 4.78 is 43.1. The van der Waals surface area contributed by atoms with Crippen LogP contribution in [0.1, 0.15) is 46.0 Å². The lowest BCUT2D eigenvalue weighted by atomic mass is 10.0. The van der Waals surface area contributed by atoms with Gasteiger partial charge in [-0.15, -0.1) is 0 Å². The van der Waals surface area contributed by atoms with Gasteiger partial charge in [0.25, 0.3) is 0 Å². The van der Waals surface area contributed by atoms with Crippen molar-refractivity contribution in [1.82, 2.24) is 0 Å². The summed E-state index contributed by atoms with van der Waals surface area (Å²) in [5, 5.41) is 0. The minimum absolute atomic E-state index is 0.0208. The molecule has 0 aromatic carbocycles. The predicted molar refractivity (Wildman–Crippen MR) is 48.1 cm³/mol. The van der Waals surface area contributed by atoms with Crippen molar-refractivity contribution in [3.05, 3.63) is 0 Å². The second kappa shape index (κ2) is 4.09. The summed E-state index contributed by atoms with van der Waals surface area (Å²) in [6.07, 6.45) is -0.958. The molecule has 1 atom stereocenters. The topological polar surface area (TPSA) is 9.23 Å². The minimum atomic E-state index is -4.26. The predicted octanol–water partition coefficient (Wildman–Crippen LogP) is 3.68. The first kappa shape index (κ1) is 11.8. The van der Waals surface area contributed by atoms with E-state index in [4.69, 9.17) is 4.74 Å². The number of rotatable bonds is 3. The van der Waals surface area contributed by atoms with Gasteiger partial charge in [-0.25, -0.2) is 0 Å². The van der Waals surface area contributed by atoms with Gasteiger partial charge in [0.2, 0.25) is 0 Å². The number of hydrogen-bond donors (Lipinski definition) is 0. The lowest BCUT2D eigenvalue weighted by molar-refractivity contribution is -0.284. The number of alkyl halides is 3. The van der Waals surface area contributed by atoms with Crippen molar-refractivity contribution in [3.8, 4) is 0 Å². The van der Waals surface area contributed by atoms with Gasteiger partial charge in [0.1, 0.15) is 0 Å². The van der Waals surface area contributed by atoms with Gasteiger partial charge in [-0.3, -0.25) is 0 Å². The zero-order valence-corrected chi connectivity index (χ0v) is 8.66. The largest absolute Gasteiger partial charge is 0.417 e. The van der Waals surface area contributed by atoms with Crippen LogP contribution in [0.3, 0.4) is 0 Å². The Morgan fingerprint density at radius 2 is 1.71 bits per heavy atom. The van der Waals surface area contributed by atoms with E-state index in [9.17, 15) is 13.2 Å². The maximum atomic E-state index is 12.6. The van der Waals surface area contributed by atoms with Crippen LogP contribution in [0.25, 0.3) is 0 Å². The quantitative estimate of drug-likeness (QED) is 0.690. The molecule has 1 fully saturated rings. The van der Waals surface area contributed by atoms with Crippen LogP contribution in [-0.4, -0.2) is 17.9 Å². The molecule has 0 bridgehead atoms. The molecule has 0 amide bonds. The van der Waals surface area contributed by atoms with Gasteiger partial charge in [0, 0.05) is 0 Å². The van der Waals surface area contributed by atoms with Crippen LogP contribution in [0.5, 0.6) is 0 Å². The van der Waals surface area contributed by atoms with Crippen LogP contribution in [0.4, 0.5) is 13.2 Å². The molecule has 14 heavy (non-hydrogen) atoms. The third kappa shape index (κ3) is 2.41. The van der Waals surface area contributed by atoms with E-state index in [1.807, 2.05) is 0 Å². The van der Waals surface area contributed by atoms with E-state index in [0.29, 0.717) is 0 Å². The molecule has 0 radical (unpaired) electrons. The molecule has 0 aromatic rings. The molecule has 4 heteroatoms. The highest BCUT2D eigenvalue weighted by Crippen LogP contribution is 2.39. The Morgan fingerprint density at radius 3 is 2.07 bits per heavy atom. The molecule has 1 rings (SSSR count). The maximum Gasteiger partial charge on any atom is 0.417 e. The summed E-state index contributed by atoms with van der Waals surface area (Å²) in [4.78, 5) is 0. The highest BCUT2D eigenvalue weighted by Gasteiger charge is 2.52. The van der Waals surface area contributed by atoms with Gasteiger partial charge in [0.05, 0.1) is 6.10 Å². The summed E-state index contributed by atoms with van der Waals surface area (Å²) in [6, 6.07) is 0. The molecule has 1 saturated carbocycles. The van der Waals surface area contributed by atoms with Gasteiger partial charge >= 0.3 is 6.18 Å². The fourth-order valence-electron chi connectivity index (χ4n) is 1.72. The Bertz CT molecular complexity index is 184. The number of halogens is 3. The molecule has 0 aromatic heterocycles. The number of ether oxygens (including phenoxy) is 1. The van der Waals surface area contributed by atoms with E-state index in [0.717, 1.165) is 32.6 Å². The fourth-order valence-corrected chi connectivity index (χ4v) is 1.72. The van der Waals surface area contributed by atoms with Crippen molar-refractivity contribution in [2.45, 2.75) is 63.8 Å². The first-order valence-corrected chi connectivity index (χ1v) is 5.13. The third-order valence-electron chi connectivity index (χ3n) is 3.00. The van der Waals surface area contributed by atoms with E-state index in [2.05, 4.69) is 0 Å². The Balaban J connectivity index is 2.60. The van der Waals surface area contributed by atoms with Gasteiger partial charge in [-0.1, -0.05) is 19.8 Å². The lowest BCUT2D eigenvalue weighted by Crippen LogP contribution is -2.46. The summed E-state index contributed by atoms with van der Waals surface area (Å²) in [5.41, 5.74) is -1.96. The molecular formula is C10H17F3O. The van der Waals surface area contributed by atoms with E-state index >= 15 is 0 Å². The first-order valence-electron chi connectivity index (χ1n) is 5.13. The first-order chi connectivity index (χ1) is 6.39. The second-order valence-electron chi connectivity index (χ2n) is 4.11. The average molecular weight is 210 g/mol. The Morgan fingerprint density at radius 1 is 1.21 bits per heavy atom. The van der Waals surface area contributed by atoms with Crippen LogP contribution in [-0.2, 0) is 4.74 Å². The van der Waals surface area contributed by atoms with Gasteiger partial charge in [-0.05, 0) is 26.2 Å². The van der Waals surface area contributed by atoms with Gasteiger partial charge < -0.3 is 4.74 Å². The highest BCUT2D eigenvalue weighted by atomic mass is 19.4. The van der Waals surface area contributed by atoms with Crippen molar-refractivity contribution in [3.63, 3.8) is 0 Å². The molecule has 0 aliphatic heterocycles. The van der Waals surface area contributed by atoms with Crippen molar-refractivity contribution in [1.29, 1.82) is 0 Å². The highest BCUT2D eigenvalue weighted by molar-refractivity contribution is 4.85. The molecular weight excluding hydrogens is 193 g/mol. The molecule has 0 heterocycles. The lowest BCUT2D eigenvalue weighted by Gasteiger charge is -2.33. The molecule has 84 valence electrons. The van der Waals surface area contributed by atoms with E-state index in [1.54, 1.807) is 0 Å². The monoisotopic (exact) mass is 210 g/mol. The summed E-state index contributed by atoms with van der Waals surface area (Å²) in [7, 11) is 0. The summed E-state index contributed by atoms with van der Waals surface area (Å²) in [6.45, 7) is 2.66. The maximum absolute atomic E-state index is 12.6. The Labute approximate surface area is 82.6 Å². The molecule has 0 spiro atoms. The van der Waals surface area contributed by atoms with Crippen molar-refractivity contribution in [2.24, 2.45) is 0 Å². The molecule has 1 unspecified atom stereocenters. The standard InChI is InChI=1S/C10H17F3O/c1-3-9(2,10(11,12)13)14-8-6-4-5-7-8/h8H,3-7H2,1-2H3. The van der Waals surface area contributed by atoms with Gasteiger partial charge in [-0.2, -0.15) is 13.2 Å². The summed E-state index contributed by atoms with van der Waals surface area (Å²) >= 11 is 0. The van der Waals surface area contributed by atoms with Crippen LogP contribution >= 0.6 is 0 Å². The molecule has 1 aliphatic rings. The zero-order valence-electron chi connectivity index (χ0n) is 8.66. The normalized spacial score (nSPS) is 23.8. The SMILES string of the molecule is CCC(C)(OC1CCCC1)C(F)(F)F. The van der Waals surface area contributed by atoms with Gasteiger partial charge in [0.15, 0.2) is 5.60 Å². The smallest absolute Gasteiger partial charge is 0.363 e. The Hall–Kier alpha value is -0.250. The molecule has 0 N–H and O–H groups in total. The van der Waals surface area contributed by atoms with Crippen LogP contribution < -0.4 is 0 Å². The van der Waals surface area contributed by atoms with E-state index < -0.39 is 11.8 Å². The number of hydrogen-bond acceptors (Lipinski definition) is 1. The van der Waals surface area contributed by atoms with Crippen molar-refractivity contribution in [2.75, 3.05) is 0 Å². The van der Waals surface area contributed by atoms with E-state index in [-0.39, 0.29) is 12.5 Å². The minimum Gasteiger partial charge on any atom is -0.363 e. The van der Waals surface area contributed by atoms with Crippen molar-refractivity contribution < 1.29 is 17.9 Å². The third-order valence-corrected chi connectivity index (χ3v) is 3.00. The molecule has 0 saturated heterocycles. The Kier molecular flexibility index (Phi) is 3.45. The average Bonchev–Trinajstić information content (AvgIpc) is 2.54. The second-order valence-corrected chi connectivity index (χ2v) is 4.11. The zero-order chi connectivity index (χ0) is 10.8. The van der Waals surface area contributed by atoms with Crippen LogP contribution in [0.2, 0.25) is 0 Å². The van der Waals surface area contributed by atoms with Crippen LogP contribution in [0, 0.1) is 0 Å². The summed E-state index contributed by atoms with van der Waals surface area (Å²) in [5.74, 6) is 0. The van der Waals surface area contributed by atoms with E-state index in [1.165, 1.54) is 6.92 Å².